The molecule has 1 aliphatic rings. The van der Waals surface area contributed by atoms with Gasteiger partial charge >= 0.3 is 6.01 Å². The van der Waals surface area contributed by atoms with Crippen LogP contribution in [0.4, 0.5) is 6.01 Å². The van der Waals surface area contributed by atoms with Gasteiger partial charge in [-0.15, -0.1) is 5.10 Å². The highest BCUT2D eigenvalue weighted by Gasteiger charge is 2.26. The van der Waals surface area contributed by atoms with Gasteiger partial charge in [0.2, 0.25) is 5.89 Å². The van der Waals surface area contributed by atoms with Gasteiger partial charge in [0.05, 0.1) is 0 Å². The molecule has 2 N–H and O–H groups in total. The molecule has 2 rings (SSSR count). The van der Waals surface area contributed by atoms with Gasteiger partial charge in [0.1, 0.15) is 0 Å². The largest absolute Gasteiger partial charge is 0.408 e. The van der Waals surface area contributed by atoms with E-state index in [1.165, 1.54) is 0 Å². The first-order chi connectivity index (χ1) is 6.31. The molecular weight excluding hydrogens is 168 g/mol. The van der Waals surface area contributed by atoms with Crippen molar-refractivity contribution < 1.29 is 4.42 Å². The number of hydrogen-bond donors (Lipinski definition) is 1. The number of aryl methyl sites for hydroxylation is 1. The van der Waals surface area contributed by atoms with E-state index in [2.05, 4.69) is 15.1 Å². The Hall–Kier alpha value is -1.10. The fourth-order valence-electron chi connectivity index (χ4n) is 1.73. The highest BCUT2D eigenvalue weighted by molar-refractivity contribution is 5.28. The average molecular weight is 182 g/mol. The van der Waals surface area contributed by atoms with E-state index in [9.17, 15) is 0 Å². The molecule has 0 amide bonds. The molecule has 1 unspecified atom stereocenters. The molecular formula is C8H14N4O. The molecule has 2 heterocycles. The first-order valence-electron chi connectivity index (χ1n) is 4.58. The summed E-state index contributed by atoms with van der Waals surface area (Å²) in [7, 11) is 0. The Balaban J connectivity index is 2.15. The fraction of sp³-hybridized carbons (Fsp3) is 0.750. The zero-order chi connectivity index (χ0) is 9.26. The second-order valence-electron chi connectivity index (χ2n) is 3.33. The summed E-state index contributed by atoms with van der Waals surface area (Å²) in [5.41, 5.74) is 5.64. The van der Waals surface area contributed by atoms with Gasteiger partial charge in [-0.25, -0.2) is 0 Å². The minimum atomic E-state index is 0.375. The van der Waals surface area contributed by atoms with E-state index in [-0.39, 0.29) is 0 Å². The van der Waals surface area contributed by atoms with Crippen LogP contribution in [-0.2, 0) is 0 Å². The van der Waals surface area contributed by atoms with Crippen LogP contribution in [0.1, 0.15) is 18.7 Å². The van der Waals surface area contributed by atoms with E-state index in [0.29, 0.717) is 24.5 Å². The van der Waals surface area contributed by atoms with E-state index >= 15 is 0 Å². The van der Waals surface area contributed by atoms with Gasteiger partial charge in [0.15, 0.2) is 0 Å². The number of hydrogen-bond acceptors (Lipinski definition) is 5. The van der Waals surface area contributed by atoms with Gasteiger partial charge < -0.3 is 15.1 Å². The molecule has 1 aromatic rings. The zero-order valence-electron chi connectivity index (χ0n) is 7.73. The van der Waals surface area contributed by atoms with Crippen molar-refractivity contribution >= 4 is 6.01 Å². The molecule has 5 nitrogen and oxygen atoms in total. The second-order valence-corrected chi connectivity index (χ2v) is 3.33. The van der Waals surface area contributed by atoms with Crippen LogP contribution >= 0.6 is 0 Å². The molecule has 1 aromatic heterocycles. The van der Waals surface area contributed by atoms with Crippen LogP contribution in [0.5, 0.6) is 0 Å². The molecule has 1 atom stereocenters. The Morgan fingerprint density at radius 1 is 1.62 bits per heavy atom. The van der Waals surface area contributed by atoms with Crippen molar-refractivity contribution in [2.45, 2.75) is 25.8 Å². The molecule has 1 saturated heterocycles. The van der Waals surface area contributed by atoms with Gasteiger partial charge in [-0.1, -0.05) is 5.10 Å². The summed E-state index contributed by atoms with van der Waals surface area (Å²) in [4.78, 5) is 2.10. The molecule has 0 spiro atoms. The molecule has 5 heteroatoms. The monoisotopic (exact) mass is 182 g/mol. The highest BCUT2D eigenvalue weighted by Crippen LogP contribution is 2.23. The maximum atomic E-state index is 5.64. The van der Waals surface area contributed by atoms with Crippen molar-refractivity contribution in [2.24, 2.45) is 5.73 Å². The number of nitrogens with zero attached hydrogens (tertiary/aromatic N) is 3. The Kier molecular flexibility index (Phi) is 2.18. The lowest BCUT2D eigenvalue weighted by atomic mass is 10.2. The van der Waals surface area contributed by atoms with E-state index in [1.807, 2.05) is 0 Å². The summed E-state index contributed by atoms with van der Waals surface area (Å²) in [6, 6.07) is 0.991. The Morgan fingerprint density at radius 3 is 3.08 bits per heavy atom. The lowest BCUT2D eigenvalue weighted by Crippen LogP contribution is -2.35. The van der Waals surface area contributed by atoms with Gasteiger partial charge in [-0.3, -0.25) is 0 Å². The molecule has 0 radical (unpaired) electrons. The third kappa shape index (κ3) is 1.51. The topological polar surface area (TPSA) is 68.2 Å². The van der Waals surface area contributed by atoms with E-state index in [0.717, 1.165) is 19.4 Å². The van der Waals surface area contributed by atoms with Gasteiger partial charge in [0.25, 0.3) is 0 Å². The smallest absolute Gasteiger partial charge is 0.318 e. The lowest BCUT2D eigenvalue weighted by Gasteiger charge is -2.20. The highest BCUT2D eigenvalue weighted by atomic mass is 16.4. The van der Waals surface area contributed by atoms with Crippen molar-refractivity contribution in [1.29, 1.82) is 0 Å². The second kappa shape index (κ2) is 3.33. The van der Waals surface area contributed by atoms with Gasteiger partial charge in [-0.05, 0) is 12.8 Å². The van der Waals surface area contributed by atoms with Crippen LogP contribution in [-0.4, -0.2) is 29.3 Å². The average Bonchev–Trinajstić information content (AvgIpc) is 2.71. The predicted molar refractivity (Wildman–Crippen MR) is 48.5 cm³/mol. The first-order valence-corrected chi connectivity index (χ1v) is 4.58. The number of rotatable bonds is 2. The van der Waals surface area contributed by atoms with Crippen molar-refractivity contribution in [3.8, 4) is 0 Å². The van der Waals surface area contributed by atoms with Crippen molar-refractivity contribution in [1.82, 2.24) is 10.2 Å². The number of aromatic nitrogens is 2. The van der Waals surface area contributed by atoms with E-state index in [4.69, 9.17) is 10.2 Å². The van der Waals surface area contributed by atoms with E-state index in [1.54, 1.807) is 6.92 Å². The summed E-state index contributed by atoms with van der Waals surface area (Å²) in [5.74, 6) is 0.609. The summed E-state index contributed by atoms with van der Waals surface area (Å²) < 4.78 is 5.35. The maximum absolute atomic E-state index is 5.64. The molecule has 0 aromatic carbocycles. The molecule has 0 saturated carbocycles. The molecule has 72 valence electrons. The zero-order valence-corrected chi connectivity index (χ0v) is 7.73. The van der Waals surface area contributed by atoms with Crippen LogP contribution in [0.25, 0.3) is 0 Å². The van der Waals surface area contributed by atoms with Gasteiger partial charge in [-0.2, -0.15) is 0 Å². The SMILES string of the molecule is Cc1nnc(N2CCCC2CN)o1. The quantitative estimate of drug-likeness (QED) is 0.712. The van der Waals surface area contributed by atoms with Crippen LogP contribution < -0.4 is 10.6 Å². The number of anilines is 1. The molecule has 1 aliphatic heterocycles. The van der Waals surface area contributed by atoms with Crippen LogP contribution in [0.3, 0.4) is 0 Å². The third-order valence-corrected chi connectivity index (χ3v) is 2.41. The predicted octanol–water partition coefficient (Wildman–Crippen LogP) is 0.306. The Labute approximate surface area is 76.9 Å². The number of nitrogens with two attached hydrogens (primary N) is 1. The van der Waals surface area contributed by atoms with Crippen molar-refractivity contribution in [3.63, 3.8) is 0 Å². The normalized spacial score (nSPS) is 22.6. The maximum Gasteiger partial charge on any atom is 0.318 e. The Bertz CT molecular complexity index is 285. The standard InChI is InChI=1S/C8H14N4O/c1-6-10-11-8(13-6)12-4-2-3-7(12)5-9/h7H,2-5,9H2,1H3. The summed E-state index contributed by atoms with van der Waals surface area (Å²) >= 11 is 0. The van der Waals surface area contributed by atoms with Crippen molar-refractivity contribution in [2.75, 3.05) is 18.0 Å². The van der Waals surface area contributed by atoms with Crippen LogP contribution in [0, 0.1) is 6.92 Å². The van der Waals surface area contributed by atoms with Crippen molar-refractivity contribution in [3.05, 3.63) is 5.89 Å². The minimum absolute atomic E-state index is 0.375. The molecule has 0 aliphatic carbocycles. The fourth-order valence-corrected chi connectivity index (χ4v) is 1.73. The summed E-state index contributed by atoms with van der Waals surface area (Å²) in [6.07, 6.45) is 2.28. The third-order valence-electron chi connectivity index (χ3n) is 2.41. The van der Waals surface area contributed by atoms with Gasteiger partial charge in [0, 0.05) is 26.1 Å². The first kappa shape index (κ1) is 8.50. The summed E-state index contributed by atoms with van der Waals surface area (Å²) in [6.45, 7) is 3.43. The lowest BCUT2D eigenvalue weighted by molar-refractivity contribution is 0.496. The van der Waals surface area contributed by atoms with E-state index < -0.39 is 0 Å². The summed E-state index contributed by atoms with van der Waals surface area (Å²) in [5, 5.41) is 7.78. The van der Waals surface area contributed by atoms with Crippen LogP contribution in [0.2, 0.25) is 0 Å². The molecule has 1 fully saturated rings. The molecule has 13 heavy (non-hydrogen) atoms. The minimum Gasteiger partial charge on any atom is -0.408 e. The molecule has 0 bridgehead atoms. The van der Waals surface area contributed by atoms with Crippen LogP contribution in [0.15, 0.2) is 4.42 Å². The Morgan fingerprint density at radius 2 is 2.46 bits per heavy atom.